The maximum atomic E-state index is 2.42. The van der Waals surface area contributed by atoms with E-state index in [1.165, 1.54) is 61.2 Å². The van der Waals surface area contributed by atoms with Gasteiger partial charge < -0.3 is 9.80 Å². The van der Waals surface area contributed by atoms with Crippen LogP contribution in [0.1, 0.15) is 30.5 Å². The number of hydrogen-bond acceptors (Lipinski definition) is 2. The van der Waals surface area contributed by atoms with Gasteiger partial charge in [0.05, 0.1) is 0 Å². The molecule has 0 spiro atoms. The molecule has 0 bridgehead atoms. The van der Waals surface area contributed by atoms with Gasteiger partial charge in [-0.15, -0.1) is 0 Å². The van der Waals surface area contributed by atoms with Gasteiger partial charge in [-0.25, -0.2) is 0 Å². The molecule has 1 aliphatic rings. The summed E-state index contributed by atoms with van der Waals surface area (Å²) in [6, 6.07) is 81.6. The van der Waals surface area contributed by atoms with E-state index in [4.69, 9.17) is 0 Å². The summed E-state index contributed by atoms with van der Waals surface area (Å²) in [4.78, 5) is 4.77. The molecule has 9 aromatic carbocycles. The van der Waals surface area contributed by atoms with Crippen molar-refractivity contribution < 1.29 is 0 Å². The lowest BCUT2D eigenvalue weighted by atomic mass is 9.82. The number of aryl methyl sites for hydroxylation is 1. The first-order chi connectivity index (χ1) is 29.4. The van der Waals surface area contributed by atoms with Crippen molar-refractivity contribution in [3.8, 4) is 44.5 Å². The average Bonchev–Trinajstić information content (AvgIpc) is 3.53. The Labute approximate surface area is 354 Å². The van der Waals surface area contributed by atoms with E-state index < -0.39 is 0 Å². The Morgan fingerprint density at radius 2 is 0.600 bits per heavy atom. The van der Waals surface area contributed by atoms with Crippen molar-refractivity contribution in [1.82, 2.24) is 0 Å². The second kappa shape index (κ2) is 15.4. The molecule has 0 atom stereocenters. The normalized spacial score (nSPS) is 12.4. The van der Waals surface area contributed by atoms with Gasteiger partial charge >= 0.3 is 0 Å². The first-order valence-corrected chi connectivity index (χ1v) is 20.8. The molecule has 10 rings (SSSR count). The fourth-order valence-corrected chi connectivity index (χ4v) is 8.95. The standard InChI is InChI=1S/C58H46N2/c1-41-14-13-21-51(38-41)60(50-32-26-46(27-33-50)43-17-9-5-10-18-43)53-35-37-55-54-36-34-52(39-56(54)58(2,3)57(55)40-53)59(48-19-11-6-12-20-48)49-30-28-47(29-31-49)45-24-22-44(23-25-45)42-15-7-4-8-16-42/h4-40H,1-3H3. The Hall–Kier alpha value is -7.42. The number of benzene rings is 9. The highest BCUT2D eigenvalue weighted by molar-refractivity contribution is 5.89. The third-order valence-electron chi connectivity index (χ3n) is 12.1. The highest BCUT2D eigenvalue weighted by atomic mass is 15.1. The van der Waals surface area contributed by atoms with E-state index in [2.05, 4.69) is 255 Å². The average molecular weight is 771 g/mol. The zero-order chi connectivity index (χ0) is 40.6. The molecule has 0 amide bonds. The molecule has 0 N–H and O–H groups in total. The molecule has 2 heteroatoms. The minimum atomic E-state index is -0.232. The van der Waals surface area contributed by atoms with E-state index in [1.54, 1.807) is 0 Å². The first-order valence-electron chi connectivity index (χ1n) is 20.8. The molecule has 9 aromatic rings. The lowest BCUT2D eigenvalue weighted by Gasteiger charge is -2.29. The molecule has 0 heterocycles. The van der Waals surface area contributed by atoms with Crippen LogP contribution in [0, 0.1) is 6.92 Å². The molecule has 0 saturated carbocycles. The van der Waals surface area contributed by atoms with Crippen LogP contribution in [0.4, 0.5) is 34.1 Å². The van der Waals surface area contributed by atoms with Crippen LogP contribution < -0.4 is 9.80 Å². The van der Waals surface area contributed by atoms with Crippen molar-refractivity contribution in [3.63, 3.8) is 0 Å². The Morgan fingerprint density at radius 3 is 1.03 bits per heavy atom. The maximum absolute atomic E-state index is 2.42. The zero-order valence-electron chi connectivity index (χ0n) is 34.3. The highest BCUT2D eigenvalue weighted by Crippen LogP contribution is 2.52. The van der Waals surface area contributed by atoms with E-state index in [9.17, 15) is 0 Å². The molecule has 0 saturated heterocycles. The lowest BCUT2D eigenvalue weighted by Crippen LogP contribution is -2.17. The predicted octanol–water partition coefficient (Wildman–Crippen LogP) is 16.2. The van der Waals surface area contributed by atoms with Crippen LogP contribution in [0.3, 0.4) is 0 Å². The molecule has 0 unspecified atom stereocenters. The summed E-state index contributed by atoms with van der Waals surface area (Å²) >= 11 is 0. The van der Waals surface area contributed by atoms with Crippen LogP contribution in [-0.2, 0) is 5.41 Å². The SMILES string of the molecule is Cc1cccc(N(c2ccc(-c3ccccc3)cc2)c2ccc3c(c2)C(C)(C)c2cc(N(c4ccccc4)c4ccc(-c5ccc(-c6ccccc6)cc5)cc4)ccc2-3)c1. The number of para-hydroxylation sites is 1. The summed E-state index contributed by atoms with van der Waals surface area (Å²) in [7, 11) is 0. The summed E-state index contributed by atoms with van der Waals surface area (Å²) in [6.45, 7) is 6.92. The smallest absolute Gasteiger partial charge is 0.0465 e. The number of nitrogens with zero attached hydrogens (tertiary/aromatic N) is 2. The van der Waals surface area contributed by atoms with E-state index >= 15 is 0 Å². The lowest BCUT2D eigenvalue weighted by molar-refractivity contribution is 0.660. The molecule has 1 aliphatic carbocycles. The molecular weight excluding hydrogens is 725 g/mol. The number of fused-ring (bicyclic) bond motifs is 3. The van der Waals surface area contributed by atoms with Gasteiger partial charge in [0.15, 0.2) is 0 Å². The quantitative estimate of drug-likeness (QED) is 0.144. The zero-order valence-corrected chi connectivity index (χ0v) is 34.3. The third-order valence-corrected chi connectivity index (χ3v) is 12.1. The second-order valence-corrected chi connectivity index (χ2v) is 16.3. The minimum absolute atomic E-state index is 0.232. The van der Waals surface area contributed by atoms with Gasteiger partial charge in [-0.2, -0.15) is 0 Å². The summed E-state index contributed by atoms with van der Waals surface area (Å²) in [5.74, 6) is 0. The van der Waals surface area contributed by atoms with Gasteiger partial charge in [0, 0.05) is 39.5 Å². The Bertz CT molecular complexity index is 2910. The number of rotatable bonds is 9. The van der Waals surface area contributed by atoms with Crippen LogP contribution in [0.25, 0.3) is 44.5 Å². The van der Waals surface area contributed by atoms with Crippen LogP contribution in [0.5, 0.6) is 0 Å². The van der Waals surface area contributed by atoms with Gasteiger partial charge in [-0.05, 0) is 141 Å². The van der Waals surface area contributed by atoms with Crippen molar-refractivity contribution in [1.29, 1.82) is 0 Å². The highest BCUT2D eigenvalue weighted by Gasteiger charge is 2.37. The van der Waals surface area contributed by atoms with Crippen molar-refractivity contribution in [3.05, 3.63) is 241 Å². The van der Waals surface area contributed by atoms with Crippen molar-refractivity contribution >= 4 is 34.1 Å². The fraction of sp³-hybridized carbons (Fsp3) is 0.0690. The third kappa shape index (κ3) is 6.86. The molecule has 0 radical (unpaired) electrons. The van der Waals surface area contributed by atoms with Crippen molar-refractivity contribution in [2.24, 2.45) is 0 Å². The van der Waals surface area contributed by atoms with Crippen LogP contribution >= 0.6 is 0 Å². The second-order valence-electron chi connectivity index (χ2n) is 16.3. The summed E-state index contributed by atoms with van der Waals surface area (Å²) in [5.41, 5.74) is 20.3. The van der Waals surface area contributed by atoms with Gasteiger partial charge in [0.25, 0.3) is 0 Å². The van der Waals surface area contributed by atoms with Crippen molar-refractivity contribution in [2.75, 3.05) is 9.80 Å². The van der Waals surface area contributed by atoms with E-state index in [0.717, 1.165) is 34.1 Å². The monoisotopic (exact) mass is 770 g/mol. The number of hydrogen-bond donors (Lipinski definition) is 0. The Balaban J connectivity index is 0.995. The van der Waals surface area contributed by atoms with E-state index in [1.807, 2.05) is 0 Å². The fourth-order valence-electron chi connectivity index (χ4n) is 8.95. The molecule has 0 fully saturated rings. The predicted molar refractivity (Wildman–Crippen MR) is 254 cm³/mol. The van der Waals surface area contributed by atoms with Crippen LogP contribution in [0.2, 0.25) is 0 Å². The molecule has 2 nitrogen and oxygen atoms in total. The molecule has 60 heavy (non-hydrogen) atoms. The molecular formula is C58H46N2. The Kier molecular flexibility index (Phi) is 9.47. The molecule has 0 aliphatic heterocycles. The minimum Gasteiger partial charge on any atom is -0.310 e. The van der Waals surface area contributed by atoms with Crippen LogP contribution in [0.15, 0.2) is 224 Å². The Morgan fingerprint density at radius 1 is 0.283 bits per heavy atom. The molecule has 0 aromatic heterocycles. The van der Waals surface area contributed by atoms with Gasteiger partial charge in [-0.1, -0.05) is 166 Å². The molecule has 288 valence electrons. The summed E-state index contributed by atoms with van der Waals surface area (Å²) in [6.07, 6.45) is 0. The van der Waals surface area contributed by atoms with Gasteiger partial charge in [-0.3, -0.25) is 0 Å². The van der Waals surface area contributed by atoms with E-state index in [0.29, 0.717) is 0 Å². The van der Waals surface area contributed by atoms with Crippen molar-refractivity contribution in [2.45, 2.75) is 26.2 Å². The van der Waals surface area contributed by atoms with Gasteiger partial charge in [0.2, 0.25) is 0 Å². The van der Waals surface area contributed by atoms with Gasteiger partial charge in [0.1, 0.15) is 0 Å². The summed E-state index contributed by atoms with van der Waals surface area (Å²) in [5, 5.41) is 0. The van der Waals surface area contributed by atoms with Crippen LogP contribution in [-0.4, -0.2) is 0 Å². The number of anilines is 6. The maximum Gasteiger partial charge on any atom is 0.0465 e. The largest absolute Gasteiger partial charge is 0.310 e. The topological polar surface area (TPSA) is 6.48 Å². The van der Waals surface area contributed by atoms with E-state index in [-0.39, 0.29) is 5.41 Å². The summed E-state index contributed by atoms with van der Waals surface area (Å²) < 4.78 is 0. The first kappa shape index (κ1) is 36.9.